The van der Waals surface area contributed by atoms with Crippen LogP contribution in [0, 0.1) is 0 Å². The van der Waals surface area contributed by atoms with Crippen LogP contribution < -0.4 is 16.0 Å². The molecule has 0 radical (unpaired) electrons. The first-order chi connectivity index (χ1) is 14.2. The van der Waals surface area contributed by atoms with E-state index in [9.17, 15) is 18.0 Å². The number of para-hydroxylation sites is 2. The Labute approximate surface area is 172 Å². The third-order valence-corrected chi connectivity index (χ3v) is 6.18. The van der Waals surface area contributed by atoms with Crippen molar-refractivity contribution in [1.29, 1.82) is 0 Å². The van der Waals surface area contributed by atoms with Gasteiger partial charge in [0.05, 0.1) is 28.4 Å². The number of nitrogens with one attached hydrogen (secondary N) is 2. The predicted octanol–water partition coefficient (Wildman–Crippen LogP) is 2.45. The minimum atomic E-state index is -4.03. The lowest BCUT2D eigenvalue weighted by Gasteiger charge is -2.40. The second-order valence-corrected chi connectivity index (χ2v) is 9.14. The number of benzene rings is 2. The van der Waals surface area contributed by atoms with Crippen LogP contribution in [0.3, 0.4) is 0 Å². The van der Waals surface area contributed by atoms with Crippen LogP contribution in [0.25, 0.3) is 11.1 Å². The molecule has 9 nitrogen and oxygen atoms in total. The number of aromatic nitrogens is 1. The Bertz CT molecular complexity index is 1270. The minimum absolute atomic E-state index is 0.0999. The van der Waals surface area contributed by atoms with Crippen LogP contribution in [0.2, 0.25) is 0 Å². The number of rotatable bonds is 6. The minimum Gasteiger partial charge on any atom is -0.408 e. The van der Waals surface area contributed by atoms with E-state index in [4.69, 9.17) is 8.60 Å². The molecule has 3 aromatic rings. The van der Waals surface area contributed by atoms with E-state index in [1.54, 1.807) is 18.7 Å². The Morgan fingerprint density at radius 3 is 2.70 bits per heavy atom. The van der Waals surface area contributed by atoms with Crippen LogP contribution in [0.4, 0.5) is 11.4 Å². The molecule has 0 saturated heterocycles. The van der Waals surface area contributed by atoms with E-state index in [1.807, 2.05) is 24.3 Å². The number of amides is 1. The molecule has 30 heavy (non-hydrogen) atoms. The molecule has 0 fully saturated rings. The second kappa shape index (κ2) is 7.29. The van der Waals surface area contributed by atoms with Gasteiger partial charge in [-0.1, -0.05) is 12.1 Å². The van der Waals surface area contributed by atoms with E-state index in [1.165, 1.54) is 18.2 Å². The van der Waals surface area contributed by atoms with Gasteiger partial charge in [-0.25, -0.2) is 4.79 Å². The van der Waals surface area contributed by atoms with Crippen molar-refractivity contribution in [2.75, 3.05) is 23.4 Å². The average Bonchev–Trinajstić information content (AvgIpc) is 3.06. The first-order valence-corrected chi connectivity index (χ1v) is 10.8. The van der Waals surface area contributed by atoms with Crippen molar-refractivity contribution in [2.45, 2.75) is 30.7 Å². The quantitative estimate of drug-likeness (QED) is 0.454. The van der Waals surface area contributed by atoms with Crippen molar-refractivity contribution in [1.82, 2.24) is 4.98 Å². The number of oxazole rings is 1. The summed E-state index contributed by atoms with van der Waals surface area (Å²) in [5, 5.41) is 3.22. The fourth-order valence-electron chi connectivity index (χ4n) is 3.41. The first kappa shape index (κ1) is 20.2. The van der Waals surface area contributed by atoms with Crippen LogP contribution >= 0.6 is 0 Å². The molecule has 4 rings (SSSR count). The Balaban J connectivity index is 1.43. The van der Waals surface area contributed by atoms with Gasteiger partial charge < -0.3 is 14.6 Å². The monoisotopic (exact) mass is 431 g/mol. The fraction of sp³-hybridized carbons (Fsp3) is 0.300. The maximum Gasteiger partial charge on any atom is 0.417 e. The van der Waals surface area contributed by atoms with Crippen molar-refractivity contribution in [2.24, 2.45) is 0 Å². The Morgan fingerprint density at radius 2 is 1.90 bits per heavy atom. The summed E-state index contributed by atoms with van der Waals surface area (Å²) in [5.41, 5.74) is 1.36. The van der Waals surface area contributed by atoms with Crippen molar-refractivity contribution < 1.29 is 21.8 Å². The zero-order valence-corrected chi connectivity index (χ0v) is 17.3. The van der Waals surface area contributed by atoms with Crippen LogP contribution in [0.15, 0.2) is 56.6 Å². The van der Waals surface area contributed by atoms with Gasteiger partial charge in [-0.15, -0.1) is 0 Å². The molecule has 1 amide bonds. The van der Waals surface area contributed by atoms with E-state index in [0.29, 0.717) is 18.5 Å². The van der Waals surface area contributed by atoms with Gasteiger partial charge in [-0.3, -0.25) is 14.0 Å². The highest BCUT2D eigenvalue weighted by atomic mass is 32.2. The first-order valence-electron chi connectivity index (χ1n) is 9.39. The number of carbonyl (C=O) groups is 1. The summed E-state index contributed by atoms with van der Waals surface area (Å²) in [4.78, 5) is 28.0. The van der Waals surface area contributed by atoms with Gasteiger partial charge in [-0.2, -0.15) is 8.42 Å². The number of hydrogen-bond acceptors (Lipinski definition) is 7. The molecule has 2 aromatic carbocycles. The number of aromatic amines is 1. The molecule has 0 spiro atoms. The normalized spacial score (nSPS) is 15.8. The lowest BCUT2D eigenvalue weighted by Crippen LogP contribution is -2.54. The SMILES string of the molecule is CC1(C)Nc2ccccc2N(CCCOS(=O)(=O)c2ccc3[nH]c(=O)oc3c2)C1=O. The lowest BCUT2D eigenvalue weighted by atomic mass is 9.98. The van der Waals surface area contributed by atoms with Gasteiger partial charge in [-0.05, 0) is 44.5 Å². The van der Waals surface area contributed by atoms with Crippen LogP contribution in [-0.4, -0.2) is 38.0 Å². The Morgan fingerprint density at radius 1 is 1.13 bits per heavy atom. The predicted molar refractivity (Wildman–Crippen MR) is 111 cm³/mol. The lowest BCUT2D eigenvalue weighted by molar-refractivity contribution is -0.122. The summed E-state index contributed by atoms with van der Waals surface area (Å²) in [6.45, 7) is 3.81. The summed E-state index contributed by atoms with van der Waals surface area (Å²) in [5.74, 6) is -0.763. The standard InChI is InChI=1S/C20H21N3O6S/c1-20(2)18(24)23(16-7-4-3-6-14(16)22-20)10-5-11-28-30(26,27)13-8-9-15-17(12-13)29-19(25)21-15/h3-4,6-9,12,22H,5,10-11H2,1-2H3,(H,21,25). The van der Waals surface area contributed by atoms with Crippen LogP contribution in [-0.2, 0) is 19.1 Å². The summed E-state index contributed by atoms with van der Waals surface area (Å²) in [7, 11) is -4.03. The molecule has 1 aromatic heterocycles. The number of anilines is 2. The molecule has 2 N–H and O–H groups in total. The Kier molecular flexibility index (Phi) is 4.91. The van der Waals surface area contributed by atoms with Gasteiger partial charge >= 0.3 is 5.76 Å². The van der Waals surface area contributed by atoms with Gasteiger partial charge in [0.2, 0.25) is 0 Å². The highest BCUT2D eigenvalue weighted by Crippen LogP contribution is 2.35. The van der Waals surface area contributed by atoms with Crippen molar-refractivity contribution >= 4 is 38.5 Å². The van der Waals surface area contributed by atoms with E-state index < -0.39 is 21.4 Å². The molecule has 1 aliphatic heterocycles. The zero-order chi connectivity index (χ0) is 21.5. The highest BCUT2D eigenvalue weighted by Gasteiger charge is 2.38. The maximum atomic E-state index is 12.8. The molecule has 1 aliphatic rings. The number of nitrogens with zero attached hydrogens (tertiary/aromatic N) is 1. The topological polar surface area (TPSA) is 122 Å². The number of carbonyl (C=O) groups excluding carboxylic acids is 1. The van der Waals surface area contributed by atoms with E-state index >= 15 is 0 Å². The molecular weight excluding hydrogens is 410 g/mol. The summed E-state index contributed by atoms with van der Waals surface area (Å²) >= 11 is 0. The van der Waals surface area contributed by atoms with Crippen LogP contribution in [0.1, 0.15) is 20.3 Å². The van der Waals surface area contributed by atoms with Gasteiger partial charge in [0.1, 0.15) is 5.54 Å². The number of H-pyrrole nitrogens is 1. The third-order valence-electron chi connectivity index (χ3n) is 4.87. The molecule has 0 unspecified atom stereocenters. The molecule has 0 atom stereocenters. The van der Waals surface area contributed by atoms with E-state index in [-0.39, 0.29) is 23.0 Å². The summed E-state index contributed by atoms with van der Waals surface area (Å²) in [6, 6.07) is 11.5. The van der Waals surface area contributed by atoms with E-state index in [0.717, 1.165) is 11.4 Å². The largest absolute Gasteiger partial charge is 0.417 e. The molecule has 0 bridgehead atoms. The second-order valence-electron chi connectivity index (χ2n) is 7.53. The molecule has 2 heterocycles. The van der Waals surface area contributed by atoms with E-state index in [2.05, 4.69) is 10.3 Å². The van der Waals surface area contributed by atoms with Gasteiger partial charge in [0.25, 0.3) is 16.0 Å². The van der Waals surface area contributed by atoms with Crippen LogP contribution in [0.5, 0.6) is 0 Å². The molecule has 10 heteroatoms. The van der Waals surface area contributed by atoms with Crippen molar-refractivity contribution in [3.05, 3.63) is 53.0 Å². The number of fused-ring (bicyclic) bond motifs is 2. The van der Waals surface area contributed by atoms with Crippen molar-refractivity contribution in [3.63, 3.8) is 0 Å². The molecule has 158 valence electrons. The third kappa shape index (κ3) is 3.71. The molecule has 0 saturated carbocycles. The molecular formula is C20H21N3O6S. The van der Waals surface area contributed by atoms with Gasteiger partial charge in [0, 0.05) is 12.6 Å². The highest BCUT2D eigenvalue weighted by molar-refractivity contribution is 7.86. The smallest absolute Gasteiger partial charge is 0.408 e. The summed E-state index contributed by atoms with van der Waals surface area (Å²) in [6.07, 6.45) is 0.316. The Hall–Kier alpha value is -3.11. The molecule has 0 aliphatic carbocycles. The van der Waals surface area contributed by atoms with Crippen molar-refractivity contribution in [3.8, 4) is 0 Å². The zero-order valence-electron chi connectivity index (χ0n) is 16.5. The summed E-state index contributed by atoms with van der Waals surface area (Å²) < 4.78 is 34.9. The average molecular weight is 431 g/mol. The number of hydrogen-bond donors (Lipinski definition) is 2. The fourth-order valence-corrected chi connectivity index (χ4v) is 4.37. The van der Waals surface area contributed by atoms with Gasteiger partial charge in [0.15, 0.2) is 5.58 Å². The maximum absolute atomic E-state index is 12.8.